The van der Waals surface area contributed by atoms with Crippen LogP contribution in [0, 0.1) is 5.92 Å². The van der Waals surface area contributed by atoms with Crippen molar-refractivity contribution in [1.29, 1.82) is 0 Å². The Balaban J connectivity index is 2.36. The molecule has 0 fully saturated rings. The number of hydrogen-bond acceptors (Lipinski definition) is 2. The van der Waals surface area contributed by atoms with Gasteiger partial charge < -0.3 is 15.6 Å². The summed E-state index contributed by atoms with van der Waals surface area (Å²) in [6.45, 7) is 2.96. The lowest BCUT2D eigenvalue weighted by molar-refractivity contribution is 0.257. The largest absolute Gasteiger partial charge is 0.361 e. The molecule has 3 heteroatoms. The Hall–Kier alpha value is -1.32. The van der Waals surface area contributed by atoms with Crippen molar-refractivity contribution >= 4 is 10.9 Å². The van der Waals surface area contributed by atoms with Gasteiger partial charge in [0.15, 0.2) is 0 Å². The first-order valence-corrected chi connectivity index (χ1v) is 6.56. The molecular weight excluding hydrogens is 222 g/mol. The molecule has 0 aliphatic carbocycles. The molecule has 1 heterocycles. The summed E-state index contributed by atoms with van der Waals surface area (Å²) in [4.78, 5) is 5.64. The number of aromatic nitrogens is 1. The maximum absolute atomic E-state index is 5.76. The van der Waals surface area contributed by atoms with Gasteiger partial charge in [-0.15, -0.1) is 0 Å². The molecule has 3 nitrogen and oxygen atoms in total. The predicted octanol–water partition coefficient (Wildman–Crippen LogP) is 2.76. The highest BCUT2D eigenvalue weighted by Gasteiger charge is 2.19. The van der Waals surface area contributed by atoms with E-state index in [4.69, 9.17) is 5.73 Å². The number of benzene rings is 1. The fourth-order valence-corrected chi connectivity index (χ4v) is 2.46. The number of nitrogens with two attached hydrogens (primary N) is 1. The smallest absolute Gasteiger partial charge is 0.0457 e. The van der Waals surface area contributed by atoms with Gasteiger partial charge in [0.05, 0.1) is 0 Å². The lowest BCUT2D eigenvalue weighted by Crippen LogP contribution is -2.24. The van der Waals surface area contributed by atoms with Crippen LogP contribution in [0.25, 0.3) is 10.9 Å². The molecule has 2 unspecified atom stereocenters. The molecule has 0 bridgehead atoms. The number of hydrogen-bond donors (Lipinski definition) is 2. The topological polar surface area (TPSA) is 45.1 Å². The van der Waals surface area contributed by atoms with Gasteiger partial charge in [-0.2, -0.15) is 0 Å². The average Bonchev–Trinajstić information content (AvgIpc) is 2.79. The van der Waals surface area contributed by atoms with Crippen molar-refractivity contribution in [3.8, 4) is 0 Å². The van der Waals surface area contributed by atoms with Crippen LogP contribution in [0.5, 0.6) is 0 Å². The summed E-state index contributed by atoms with van der Waals surface area (Å²) in [5, 5.41) is 1.32. The summed E-state index contributed by atoms with van der Waals surface area (Å²) in [7, 11) is 4.27. The standard InChI is InChI=1S/C15H23N3/c1-11(9-16)8-15(18(2)3)13-10-17-14-7-5-4-6-12(13)14/h4-7,10-11,15,17H,8-9,16H2,1-3H3. The minimum Gasteiger partial charge on any atom is -0.361 e. The Morgan fingerprint density at radius 3 is 2.67 bits per heavy atom. The second-order valence-corrected chi connectivity index (χ2v) is 5.35. The van der Waals surface area contributed by atoms with Gasteiger partial charge in [0.1, 0.15) is 0 Å². The summed E-state index contributed by atoms with van der Waals surface area (Å²) in [6, 6.07) is 8.89. The van der Waals surface area contributed by atoms with E-state index in [1.807, 2.05) is 0 Å². The second kappa shape index (κ2) is 5.55. The van der Waals surface area contributed by atoms with Crippen LogP contribution in [0.15, 0.2) is 30.5 Å². The lowest BCUT2D eigenvalue weighted by Gasteiger charge is -2.26. The van der Waals surface area contributed by atoms with E-state index >= 15 is 0 Å². The molecular formula is C15H23N3. The van der Waals surface area contributed by atoms with Crippen LogP contribution in [0.4, 0.5) is 0 Å². The number of fused-ring (bicyclic) bond motifs is 1. The molecule has 2 rings (SSSR count). The first-order valence-electron chi connectivity index (χ1n) is 6.56. The summed E-state index contributed by atoms with van der Waals surface area (Å²) in [5.74, 6) is 0.533. The first-order chi connectivity index (χ1) is 8.63. The van der Waals surface area contributed by atoms with Gasteiger partial charge in [0, 0.05) is 23.1 Å². The van der Waals surface area contributed by atoms with E-state index in [-0.39, 0.29) is 0 Å². The molecule has 98 valence electrons. The maximum atomic E-state index is 5.76. The molecule has 18 heavy (non-hydrogen) atoms. The molecule has 0 saturated carbocycles. The number of H-pyrrole nitrogens is 1. The summed E-state index contributed by atoms with van der Waals surface area (Å²) in [5.41, 5.74) is 8.34. The van der Waals surface area contributed by atoms with Crippen LogP contribution < -0.4 is 5.73 Å². The maximum Gasteiger partial charge on any atom is 0.0457 e. The van der Waals surface area contributed by atoms with Crippen LogP contribution in [-0.4, -0.2) is 30.5 Å². The Morgan fingerprint density at radius 2 is 2.00 bits per heavy atom. The van der Waals surface area contributed by atoms with Gasteiger partial charge in [-0.1, -0.05) is 25.1 Å². The van der Waals surface area contributed by atoms with E-state index in [0.717, 1.165) is 13.0 Å². The van der Waals surface area contributed by atoms with Gasteiger partial charge in [0.2, 0.25) is 0 Å². The van der Waals surface area contributed by atoms with Crippen LogP contribution in [0.1, 0.15) is 24.9 Å². The average molecular weight is 245 g/mol. The SMILES string of the molecule is CC(CN)CC(c1c[nH]c2ccccc12)N(C)C. The Labute approximate surface area is 109 Å². The third-order valence-electron chi connectivity index (χ3n) is 3.63. The van der Waals surface area contributed by atoms with E-state index in [2.05, 4.69) is 61.4 Å². The second-order valence-electron chi connectivity index (χ2n) is 5.35. The number of para-hydroxylation sites is 1. The van der Waals surface area contributed by atoms with E-state index in [9.17, 15) is 0 Å². The van der Waals surface area contributed by atoms with Crippen molar-refractivity contribution in [2.45, 2.75) is 19.4 Å². The molecule has 0 spiro atoms. The monoisotopic (exact) mass is 245 g/mol. The molecule has 1 aromatic carbocycles. The summed E-state index contributed by atoms with van der Waals surface area (Å²) < 4.78 is 0. The van der Waals surface area contributed by atoms with Gasteiger partial charge in [-0.05, 0) is 44.6 Å². The molecule has 0 aliphatic rings. The number of nitrogens with zero attached hydrogens (tertiary/aromatic N) is 1. The van der Waals surface area contributed by atoms with Gasteiger partial charge in [-0.25, -0.2) is 0 Å². The number of nitrogens with one attached hydrogen (secondary N) is 1. The molecule has 1 aromatic heterocycles. The quantitative estimate of drug-likeness (QED) is 0.850. The first kappa shape index (κ1) is 13.1. The normalized spacial score (nSPS) is 15.2. The minimum absolute atomic E-state index is 0.416. The van der Waals surface area contributed by atoms with Crippen molar-refractivity contribution in [2.24, 2.45) is 11.7 Å². The van der Waals surface area contributed by atoms with E-state index < -0.39 is 0 Å². The third-order valence-corrected chi connectivity index (χ3v) is 3.63. The van der Waals surface area contributed by atoms with Gasteiger partial charge in [0.25, 0.3) is 0 Å². The zero-order valence-electron chi connectivity index (χ0n) is 11.5. The van der Waals surface area contributed by atoms with Crippen LogP contribution in [-0.2, 0) is 0 Å². The number of rotatable bonds is 5. The van der Waals surface area contributed by atoms with E-state index in [0.29, 0.717) is 12.0 Å². The predicted molar refractivity (Wildman–Crippen MR) is 77.6 cm³/mol. The number of aromatic amines is 1. The van der Waals surface area contributed by atoms with Crippen LogP contribution in [0.3, 0.4) is 0 Å². The van der Waals surface area contributed by atoms with E-state index in [1.54, 1.807) is 0 Å². The Morgan fingerprint density at radius 1 is 1.28 bits per heavy atom. The fourth-order valence-electron chi connectivity index (χ4n) is 2.46. The summed E-state index contributed by atoms with van der Waals surface area (Å²) in [6.07, 6.45) is 3.23. The van der Waals surface area contributed by atoms with Crippen molar-refractivity contribution in [1.82, 2.24) is 9.88 Å². The lowest BCUT2D eigenvalue weighted by atomic mass is 9.95. The zero-order valence-corrected chi connectivity index (χ0v) is 11.5. The highest BCUT2D eigenvalue weighted by Crippen LogP contribution is 2.31. The van der Waals surface area contributed by atoms with Gasteiger partial charge >= 0.3 is 0 Å². The van der Waals surface area contributed by atoms with Crippen LogP contribution >= 0.6 is 0 Å². The zero-order chi connectivity index (χ0) is 13.1. The highest BCUT2D eigenvalue weighted by atomic mass is 15.1. The van der Waals surface area contributed by atoms with E-state index in [1.165, 1.54) is 16.5 Å². The molecule has 2 aromatic rings. The Bertz CT molecular complexity index is 501. The highest BCUT2D eigenvalue weighted by molar-refractivity contribution is 5.83. The Kier molecular flexibility index (Phi) is 4.04. The molecule has 0 amide bonds. The molecule has 3 N–H and O–H groups in total. The summed E-state index contributed by atoms with van der Waals surface area (Å²) >= 11 is 0. The van der Waals surface area contributed by atoms with Crippen molar-refractivity contribution in [3.63, 3.8) is 0 Å². The third kappa shape index (κ3) is 2.57. The fraction of sp³-hybridized carbons (Fsp3) is 0.467. The molecule has 0 saturated heterocycles. The van der Waals surface area contributed by atoms with Crippen molar-refractivity contribution in [3.05, 3.63) is 36.0 Å². The van der Waals surface area contributed by atoms with Crippen LogP contribution in [0.2, 0.25) is 0 Å². The van der Waals surface area contributed by atoms with Gasteiger partial charge in [-0.3, -0.25) is 0 Å². The minimum atomic E-state index is 0.416. The van der Waals surface area contributed by atoms with Crippen molar-refractivity contribution < 1.29 is 0 Å². The molecule has 0 aliphatic heterocycles. The molecule has 0 radical (unpaired) electrons. The van der Waals surface area contributed by atoms with Crippen molar-refractivity contribution in [2.75, 3.05) is 20.6 Å². The molecule has 2 atom stereocenters.